The number of ketones is 1. The third-order valence-corrected chi connectivity index (χ3v) is 4.32. The van der Waals surface area contributed by atoms with Crippen molar-refractivity contribution in [1.82, 2.24) is 9.78 Å². The molecule has 0 aromatic carbocycles. The summed E-state index contributed by atoms with van der Waals surface area (Å²) in [5, 5.41) is 4.52. The average Bonchev–Trinajstić information content (AvgIpc) is 2.81. The van der Waals surface area contributed by atoms with Gasteiger partial charge in [-0.2, -0.15) is 5.10 Å². The molecule has 2 atom stereocenters. The first-order chi connectivity index (χ1) is 9.13. The summed E-state index contributed by atoms with van der Waals surface area (Å²) in [7, 11) is 0. The van der Waals surface area contributed by atoms with Gasteiger partial charge in [-0.15, -0.1) is 0 Å². The molecule has 0 saturated heterocycles. The predicted octanol–water partition coefficient (Wildman–Crippen LogP) is 3.40. The summed E-state index contributed by atoms with van der Waals surface area (Å²) < 4.78 is 1.99. The van der Waals surface area contributed by atoms with Crippen molar-refractivity contribution in [2.75, 3.05) is 0 Å². The Morgan fingerprint density at radius 1 is 1.42 bits per heavy atom. The molecule has 1 heterocycles. The van der Waals surface area contributed by atoms with Crippen LogP contribution in [-0.4, -0.2) is 15.6 Å². The third kappa shape index (κ3) is 3.46. The van der Waals surface area contributed by atoms with Crippen LogP contribution in [0.15, 0.2) is 6.07 Å². The average molecular weight is 262 g/mol. The summed E-state index contributed by atoms with van der Waals surface area (Å²) in [5.41, 5.74) is 2.20. The molecule has 0 N–H and O–H groups in total. The van der Waals surface area contributed by atoms with Crippen LogP contribution in [0.1, 0.15) is 57.8 Å². The van der Waals surface area contributed by atoms with E-state index in [0.29, 0.717) is 18.1 Å². The molecule has 3 heteroatoms. The minimum absolute atomic E-state index is 0.286. The molecular weight excluding hydrogens is 236 g/mol. The first-order valence-corrected chi connectivity index (χ1v) is 7.72. The van der Waals surface area contributed by atoms with Crippen LogP contribution in [0.25, 0.3) is 0 Å². The van der Waals surface area contributed by atoms with E-state index in [1.54, 1.807) is 0 Å². The fourth-order valence-corrected chi connectivity index (χ4v) is 3.15. The van der Waals surface area contributed by atoms with Crippen LogP contribution in [0.5, 0.6) is 0 Å². The van der Waals surface area contributed by atoms with Crippen LogP contribution >= 0.6 is 0 Å². The maximum Gasteiger partial charge on any atom is 0.141 e. The highest BCUT2D eigenvalue weighted by atomic mass is 16.1. The molecule has 1 fully saturated rings. The molecule has 2 rings (SSSR count). The van der Waals surface area contributed by atoms with E-state index >= 15 is 0 Å². The second-order valence-electron chi connectivity index (χ2n) is 5.91. The van der Waals surface area contributed by atoms with Crippen LogP contribution in [0.4, 0.5) is 0 Å². The Kier molecular flexibility index (Phi) is 4.78. The second-order valence-corrected chi connectivity index (χ2v) is 5.91. The predicted molar refractivity (Wildman–Crippen MR) is 77.1 cm³/mol. The van der Waals surface area contributed by atoms with Crippen molar-refractivity contribution in [2.45, 2.75) is 65.8 Å². The van der Waals surface area contributed by atoms with Crippen molar-refractivity contribution in [2.24, 2.45) is 11.8 Å². The zero-order valence-corrected chi connectivity index (χ0v) is 12.5. The van der Waals surface area contributed by atoms with Gasteiger partial charge in [0.05, 0.1) is 5.69 Å². The van der Waals surface area contributed by atoms with Gasteiger partial charge in [0.15, 0.2) is 0 Å². The van der Waals surface area contributed by atoms with Crippen molar-refractivity contribution in [3.8, 4) is 0 Å². The summed E-state index contributed by atoms with van der Waals surface area (Å²) in [4.78, 5) is 12.4. The van der Waals surface area contributed by atoms with E-state index < -0.39 is 0 Å². The van der Waals surface area contributed by atoms with E-state index in [0.717, 1.165) is 37.2 Å². The largest absolute Gasteiger partial charge is 0.299 e. The molecule has 1 aromatic heterocycles. The second kappa shape index (κ2) is 6.36. The first-order valence-electron chi connectivity index (χ1n) is 7.72. The van der Waals surface area contributed by atoms with E-state index in [9.17, 15) is 4.79 Å². The number of carbonyl (C=O) groups excluding carboxylic acids is 1. The quantitative estimate of drug-likeness (QED) is 0.815. The third-order valence-electron chi connectivity index (χ3n) is 4.32. The van der Waals surface area contributed by atoms with Gasteiger partial charge >= 0.3 is 0 Å². The maximum absolute atomic E-state index is 12.4. The van der Waals surface area contributed by atoms with Gasteiger partial charge in [-0.1, -0.05) is 26.7 Å². The van der Waals surface area contributed by atoms with E-state index in [4.69, 9.17) is 0 Å². The summed E-state index contributed by atoms with van der Waals surface area (Å²) in [5.74, 6) is 1.42. The summed E-state index contributed by atoms with van der Waals surface area (Å²) >= 11 is 0. The van der Waals surface area contributed by atoms with Gasteiger partial charge in [-0.05, 0) is 38.2 Å². The zero-order chi connectivity index (χ0) is 13.8. The zero-order valence-electron chi connectivity index (χ0n) is 12.5. The Bertz CT molecular complexity index is 436. The summed E-state index contributed by atoms with van der Waals surface area (Å²) in [6.07, 6.45) is 6.18. The molecule has 2 unspecified atom stereocenters. The van der Waals surface area contributed by atoms with Crippen LogP contribution in [0.2, 0.25) is 0 Å². The monoisotopic (exact) mass is 262 g/mol. The molecule has 0 aliphatic heterocycles. The lowest BCUT2D eigenvalue weighted by Crippen LogP contribution is -2.24. The van der Waals surface area contributed by atoms with Crippen molar-refractivity contribution < 1.29 is 4.79 Å². The van der Waals surface area contributed by atoms with Gasteiger partial charge in [0.2, 0.25) is 0 Å². The Morgan fingerprint density at radius 3 is 2.84 bits per heavy atom. The molecule has 0 amide bonds. The number of Topliss-reactive ketones (excluding diaryl/α,β-unsaturated/α-hetero) is 1. The van der Waals surface area contributed by atoms with Crippen LogP contribution in [0, 0.1) is 11.8 Å². The summed E-state index contributed by atoms with van der Waals surface area (Å²) in [6.45, 7) is 7.31. The Morgan fingerprint density at radius 2 is 2.21 bits per heavy atom. The Balaban J connectivity index is 2.03. The van der Waals surface area contributed by atoms with Crippen molar-refractivity contribution in [3.63, 3.8) is 0 Å². The number of hydrogen-bond donors (Lipinski definition) is 0. The number of aryl methyl sites for hydroxylation is 2. The van der Waals surface area contributed by atoms with Crippen LogP contribution < -0.4 is 0 Å². The van der Waals surface area contributed by atoms with Gasteiger partial charge in [0.1, 0.15) is 5.78 Å². The highest BCUT2D eigenvalue weighted by Gasteiger charge is 2.25. The normalized spacial score (nSPS) is 23.5. The topological polar surface area (TPSA) is 34.9 Å². The highest BCUT2D eigenvalue weighted by molar-refractivity contribution is 5.83. The van der Waals surface area contributed by atoms with Crippen molar-refractivity contribution in [1.29, 1.82) is 0 Å². The Hall–Kier alpha value is -1.12. The first kappa shape index (κ1) is 14.3. The molecule has 1 saturated carbocycles. The standard InChI is InChI=1S/C16H26N2O/c1-4-14-10-15(18(5-2)17-14)11-16(19)13-8-6-7-12(3)9-13/h10,12-13H,4-9,11H2,1-3H3. The number of nitrogens with zero attached hydrogens (tertiary/aromatic N) is 2. The van der Waals surface area contributed by atoms with Crippen molar-refractivity contribution in [3.05, 3.63) is 17.5 Å². The lowest BCUT2D eigenvalue weighted by molar-refractivity contribution is -0.123. The fraction of sp³-hybridized carbons (Fsp3) is 0.750. The van der Waals surface area contributed by atoms with E-state index in [1.807, 2.05) is 4.68 Å². The highest BCUT2D eigenvalue weighted by Crippen LogP contribution is 2.29. The Labute approximate surface area is 116 Å². The van der Waals surface area contributed by atoms with Crippen LogP contribution in [-0.2, 0) is 24.2 Å². The number of rotatable bonds is 5. The van der Waals surface area contributed by atoms with Gasteiger partial charge in [0.25, 0.3) is 0 Å². The summed E-state index contributed by atoms with van der Waals surface area (Å²) in [6, 6.07) is 2.10. The number of aromatic nitrogens is 2. The van der Waals surface area contributed by atoms with Crippen molar-refractivity contribution >= 4 is 5.78 Å². The minimum Gasteiger partial charge on any atom is -0.299 e. The van der Waals surface area contributed by atoms with Crippen LogP contribution in [0.3, 0.4) is 0 Å². The molecule has 1 aliphatic rings. The molecule has 0 spiro atoms. The number of hydrogen-bond acceptors (Lipinski definition) is 2. The van der Waals surface area contributed by atoms with Gasteiger partial charge < -0.3 is 0 Å². The molecule has 19 heavy (non-hydrogen) atoms. The number of carbonyl (C=O) groups is 1. The molecule has 0 radical (unpaired) electrons. The smallest absolute Gasteiger partial charge is 0.141 e. The molecular formula is C16H26N2O. The molecule has 1 aliphatic carbocycles. The van der Waals surface area contributed by atoms with Gasteiger partial charge in [0, 0.05) is 24.6 Å². The molecule has 1 aromatic rings. The fourth-order valence-electron chi connectivity index (χ4n) is 3.15. The van der Waals surface area contributed by atoms with Gasteiger partial charge in [-0.3, -0.25) is 9.48 Å². The lowest BCUT2D eigenvalue weighted by Gasteiger charge is -2.25. The molecule has 0 bridgehead atoms. The van der Waals surface area contributed by atoms with E-state index in [-0.39, 0.29) is 5.92 Å². The van der Waals surface area contributed by atoms with E-state index in [1.165, 1.54) is 12.8 Å². The van der Waals surface area contributed by atoms with E-state index in [2.05, 4.69) is 31.9 Å². The SMILES string of the molecule is CCc1cc(CC(=O)C2CCCC(C)C2)n(CC)n1. The molecule has 106 valence electrons. The maximum atomic E-state index is 12.4. The molecule has 3 nitrogen and oxygen atoms in total. The lowest BCUT2D eigenvalue weighted by atomic mass is 9.79. The van der Waals surface area contributed by atoms with Gasteiger partial charge in [-0.25, -0.2) is 0 Å². The minimum atomic E-state index is 0.286.